The minimum absolute atomic E-state index is 0.387. The van der Waals surface area contributed by atoms with Crippen molar-refractivity contribution in [1.82, 2.24) is 4.98 Å². The predicted molar refractivity (Wildman–Crippen MR) is 54.2 cm³/mol. The van der Waals surface area contributed by atoms with Crippen molar-refractivity contribution in [3.05, 3.63) is 34.5 Å². The van der Waals surface area contributed by atoms with Gasteiger partial charge >= 0.3 is 0 Å². The van der Waals surface area contributed by atoms with E-state index >= 15 is 0 Å². The zero-order chi connectivity index (χ0) is 10.2. The Kier molecular flexibility index (Phi) is 3.86. The van der Waals surface area contributed by atoms with Gasteiger partial charge in [0.2, 0.25) is 0 Å². The van der Waals surface area contributed by atoms with E-state index in [1.54, 1.807) is 18.3 Å². The number of nitrogens with two attached hydrogens (primary N) is 1. The molecule has 0 saturated heterocycles. The van der Waals surface area contributed by atoms with Crippen LogP contribution in [-0.2, 0) is 0 Å². The molecule has 0 aliphatic rings. The Balaban J connectivity index is 2.51. The molecular formula is C9H9N5. The van der Waals surface area contributed by atoms with E-state index in [2.05, 4.69) is 26.9 Å². The minimum Gasteiger partial charge on any atom is -0.397 e. The molecule has 0 radical (unpaired) electrons. The first-order valence-corrected chi connectivity index (χ1v) is 4.04. The molecule has 0 aliphatic heterocycles. The molecule has 0 aromatic carbocycles. The van der Waals surface area contributed by atoms with Crippen molar-refractivity contribution in [3.8, 4) is 11.8 Å². The maximum atomic E-state index is 8.00. The average molecular weight is 187 g/mol. The number of pyridine rings is 1. The third-order valence-electron chi connectivity index (χ3n) is 1.40. The van der Waals surface area contributed by atoms with Crippen LogP contribution in [0, 0.1) is 11.8 Å². The quantitative estimate of drug-likeness (QED) is 0.251. The molecule has 1 rings (SSSR count). The molecule has 5 heteroatoms. The van der Waals surface area contributed by atoms with Gasteiger partial charge in [0.05, 0.1) is 11.9 Å². The highest BCUT2D eigenvalue weighted by molar-refractivity contribution is 5.38. The summed E-state index contributed by atoms with van der Waals surface area (Å²) in [5.41, 5.74) is 14.7. The van der Waals surface area contributed by atoms with Gasteiger partial charge in [-0.05, 0) is 23.6 Å². The first-order valence-electron chi connectivity index (χ1n) is 4.04. The van der Waals surface area contributed by atoms with Crippen LogP contribution in [0.1, 0.15) is 12.1 Å². The van der Waals surface area contributed by atoms with Gasteiger partial charge in [0.25, 0.3) is 0 Å². The molecule has 1 aromatic rings. The summed E-state index contributed by atoms with van der Waals surface area (Å²) in [6.45, 7) is 0.387. The highest BCUT2D eigenvalue weighted by Crippen LogP contribution is 1.99. The molecule has 0 aliphatic carbocycles. The summed E-state index contributed by atoms with van der Waals surface area (Å²) in [4.78, 5) is 6.61. The Bertz CT molecular complexity index is 391. The van der Waals surface area contributed by atoms with E-state index in [1.807, 2.05) is 0 Å². The van der Waals surface area contributed by atoms with Gasteiger partial charge in [-0.3, -0.25) is 0 Å². The summed E-state index contributed by atoms with van der Waals surface area (Å²) >= 11 is 0. The Labute approximate surface area is 81.6 Å². The lowest BCUT2D eigenvalue weighted by atomic mass is 10.3. The smallest absolute Gasteiger partial charge is 0.113 e. The summed E-state index contributed by atoms with van der Waals surface area (Å²) in [6, 6.07) is 3.49. The fourth-order valence-electron chi connectivity index (χ4n) is 0.783. The molecule has 0 atom stereocenters. The molecule has 1 aromatic heterocycles. The molecule has 0 spiro atoms. The van der Waals surface area contributed by atoms with Gasteiger partial charge in [-0.25, -0.2) is 4.98 Å². The van der Waals surface area contributed by atoms with Crippen LogP contribution < -0.4 is 5.73 Å². The van der Waals surface area contributed by atoms with Crippen LogP contribution >= 0.6 is 0 Å². The van der Waals surface area contributed by atoms with Gasteiger partial charge in [0.1, 0.15) is 5.69 Å². The standard InChI is InChI=1S/C9H9N5/c10-8-4-5-9(12-7-8)3-1-2-6-13-14-11/h4-5,7H,2,6,10H2. The van der Waals surface area contributed by atoms with Crippen molar-refractivity contribution in [2.45, 2.75) is 6.42 Å². The van der Waals surface area contributed by atoms with Gasteiger partial charge in [-0.1, -0.05) is 11.0 Å². The van der Waals surface area contributed by atoms with Crippen LogP contribution in [-0.4, -0.2) is 11.5 Å². The molecule has 0 bridgehead atoms. The van der Waals surface area contributed by atoms with Crippen molar-refractivity contribution in [1.29, 1.82) is 0 Å². The molecule has 0 saturated carbocycles. The molecule has 0 amide bonds. The van der Waals surface area contributed by atoms with Crippen molar-refractivity contribution in [2.24, 2.45) is 5.11 Å². The van der Waals surface area contributed by atoms with Crippen LogP contribution in [0.3, 0.4) is 0 Å². The van der Waals surface area contributed by atoms with Crippen LogP contribution in [0.5, 0.6) is 0 Å². The summed E-state index contributed by atoms with van der Waals surface area (Å²) in [5, 5.41) is 3.35. The summed E-state index contributed by atoms with van der Waals surface area (Å²) in [6.07, 6.45) is 2.09. The molecule has 0 unspecified atom stereocenters. The second-order valence-corrected chi connectivity index (χ2v) is 2.48. The Hall–Kier alpha value is -2.18. The van der Waals surface area contributed by atoms with E-state index in [1.165, 1.54) is 0 Å². The van der Waals surface area contributed by atoms with Gasteiger partial charge in [0, 0.05) is 17.9 Å². The maximum Gasteiger partial charge on any atom is 0.113 e. The Morgan fingerprint density at radius 1 is 1.57 bits per heavy atom. The summed E-state index contributed by atoms with van der Waals surface area (Å²) < 4.78 is 0. The van der Waals surface area contributed by atoms with E-state index in [0.717, 1.165) is 0 Å². The fourth-order valence-corrected chi connectivity index (χ4v) is 0.783. The van der Waals surface area contributed by atoms with Crippen molar-refractivity contribution < 1.29 is 0 Å². The number of nitrogens with zero attached hydrogens (tertiary/aromatic N) is 4. The van der Waals surface area contributed by atoms with Crippen LogP contribution in [0.2, 0.25) is 0 Å². The molecule has 2 N–H and O–H groups in total. The van der Waals surface area contributed by atoms with E-state index in [9.17, 15) is 0 Å². The molecule has 70 valence electrons. The number of aromatic nitrogens is 1. The molecule has 1 heterocycles. The third-order valence-corrected chi connectivity index (χ3v) is 1.40. The van der Waals surface area contributed by atoms with E-state index in [4.69, 9.17) is 11.3 Å². The Morgan fingerprint density at radius 2 is 2.43 bits per heavy atom. The number of rotatable bonds is 2. The number of hydrogen-bond donors (Lipinski definition) is 1. The lowest BCUT2D eigenvalue weighted by molar-refractivity contribution is 1.01. The van der Waals surface area contributed by atoms with Crippen LogP contribution in [0.15, 0.2) is 23.4 Å². The van der Waals surface area contributed by atoms with E-state index < -0.39 is 0 Å². The molecule has 0 fully saturated rings. The average Bonchev–Trinajstić information content (AvgIpc) is 2.21. The third kappa shape index (κ3) is 3.48. The van der Waals surface area contributed by atoms with Crippen LogP contribution in [0.25, 0.3) is 10.4 Å². The molecular weight excluding hydrogens is 178 g/mol. The first-order chi connectivity index (χ1) is 6.83. The number of hydrogen-bond acceptors (Lipinski definition) is 3. The normalized spacial score (nSPS) is 8.29. The maximum absolute atomic E-state index is 8.00. The van der Waals surface area contributed by atoms with Gasteiger partial charge in [-0.15, -0.1) is 0 Å². The van der Waals surface area contributed by atoms with Crippen molar-refractivity contribution >= 4 is 5.69 Å². The molecule has 14 heavy (non-hydrogen) atoms. The largest absolute Gasteiger partial charge is 0.397 e. The summed E-state index contributed by atoms with van der Waals surface area (Å²) in [7, 11) is 0. The predicted octanol–water partition coefficient (Wildman–Crippen LogP) is 1.72. The van der Waals surface area contributed by atoms with Gasteiger partial charge < -0.3 is 5.73 Å². The highest BCUT2D eigenvalue weighted by Gasteiger charge is 1.86. The number of nitrogen functional groups attached to an aromatic ring is 1. The SMILES string of the molecule is [N-]=[N+]=NCCC#Cc1ccc(N)cn1. The van der Waals surface area contributed by atoms with Gasteiger partial charge in [0.15, 0.2) is 0 Å². The minimum atomic E-state index is 0.387. The number of azide groups is 1. The van der Waals surface area contributed by atoms with Gasteiger partial charge in [-0.2, -0.15) is 0 Å². The number of anilines is 1. The zero-order valence-electron chi connectivity index (χ0n) is 7.51. The van der Waals surface area contributed by atoms with Crippen molar-refractivity contribution in [2.75, 3.05) is 12.3 Å². The second kappa shape index (κ2) is 5.46. The topological polar surface area (TPSA) is 87.7 Å². The monoisotopic (exact) mass is 187 g/mol. The highest BCUT2D eigenvalue weighted by atomic mass is 15.1. The van der Waals surface area contributed by atoms with Crippen molar-refractivity contribution in [3.63, 3.8) is 0 Å². The van der Waals surface area contributed by atoms with E-state index in [-0.39, 0.29) is 0 Å². The van der Waals surface area contributed by atoms with E-state index in [0.29, 0.717) is 24.3 Å². The Morgan fingerprint density at radius 3 is 3.07 bits per heavy atom. The molecule has 5 nitrogen and oxygen atoms in total. The first kappa shape index (κ1) is 9.90. The fraction of sp³-hybridized carbons (Fsp3) is 0.222. The lowest BCUT2D eigenvalue weighted by Gasteiger charge is -1.90. The van der Waals surface area contributed by atoms with Crippen LogP contribution in [0.4, 0.5) is 5.69 Å². The lowest BCUT2D eigenvalue weighted by Crippen LogP contribution is -1.87. The summed E-state index contributed by atoms with van der Waals surface area (Å²) in [5.74, 6) is 5.67. The second-order valence-electron chi connectivity index (χ2n) is 2.48. The zero-order valence-corrected chi connectivity index (χ0v) is 7.51.